The van der Waals surface area contributed by atoms with Crippen LogP contribution >= 0.6 is 0 Å². The summed E-state index contributed by atoms with van der Waals surface area (Å²) in [7, 11) is 0. The summed E-state index contributed by atoms with van der Waals surface area (Å²) in [4.78, 5) is 2.38. The molecule has 0 radical (unpaired) electrons. The van der Waals surface area contributed by atoms with Gasteiger partial charge in [-0.15, -0.1) is 0 Å². The molecule has 28 heavy (non-hydrogen) atoms. The van der Waals surface area contributed by atoms with Crippen LogP contribution < -0.4 is 0 Å². The predicted octanol–water partition coefficient (Wildman–Crippen LogP) is 5.00. The van der Waals surface area contributed by atoms with Gasteiger partial charge in [0.05, 0.1) is 30.5 Å². The van der Waals surface area contributed by atoms with Crippen LogP contribution in [0.15, 0.2) is 71.3 Å². The Labute approximate surface area is 166 Å². The summed E-state index contributed by atoms with van der Waals surface area (Å²) in [6.45, 7) is 3.37. The monoisotopic (exact) mass is 372 g/mol. The highest BCUT2D eigenvalue weighted by Crippen LogP contribution is 2.24. The third kappa shape index (κ3) is 4.51. The molecule has 4 rings (SSSR count). The summed E-state index contributed by atoms with van der Waals surface area (Å²) in [5.41, 5.74) is 3.98. The molecule has 4 nitrogen and oxygen atoms in total. The van der Waals surface area contributed by atoms with Crippen LogP contribution in [0.25, 0.3) is 11.1 Å². The van der Waals surface area contributed by atoms with E-state index in [0.717, 1.165) is 56.0 Å². The lowest BCUT2D eigenvalue weighted by atomic mass is 9.99. The van der Waals surface area contributed by atoms with E-state index in [-0.39, 0.29) is 0 Å². The topological polar surface area (TPSA) is 49.4 Å². The van der Waals surface area contributed by atoms with Gasteiger partial charge in [-0.25, -0.2) is 0 Å². The summed E-state index contributed by atoms with van der Waals surface area (Å²) in [5.74, 6) is 0.970. The zero-order chi connectivity index (χ0) is 19.2. The van der Waals surface area contributed by atoms with Crippen molar-refractivity contribution in [2.45, 2.75) is 32.0 Å². The molecule has 1 aliphatic heterocycles. The van der Waals surface area contributed by atoms with Gasteiger partial charge in [0.1, 0.15) is 5.76 Å². The Morgan fingerprint density at radius 3 is 2.57 bits per heavy atom. The molecule has 0 amide bonds. The quantitative estimate of drug-likeness (QED) is 0.586. The molecule has 1 aromatic heterocycles. The van der Waals surface area contributed by atoms with Crippen molar-refractivity contribution < 1.29 is 9.15 Å². The number of nitriles is 1. The van der Waals surface area contributed by atoms with Gasteiger partial charge in [-0.1, -0.05) is 42.5 Å². The lowest BCUT2D eigenvalue weighted by Gasteiger charge is -2.24. The van der Waals surface area contributed by atoms with Crippen molar-refractivity contribution in [3.63, 3.8) is 0 Å². The standard InChI is InChI=1S/C24H24N2O2/c25-15-21-5-1-2-8-24(21)20-11-9-19(10-12-20)16-26(17-22-6-3-13-27-22)18-23-7-4-14-28-23/h1-3,5-6,8-13,23H,4,7,14,16-18H2. The van der Waals surface area contributed by atoms with E-state index in [1.54, 1.807) is 6.26 Å². The van der Waals surface area contributed by atoms with Gasteiger partial charge in [-0.3, -0.25) is 4.90 Å². The minimum absolute atomic E-state index is 0.303. The van der Waals surface area contributed by atoms with Crippen LogP contribution in [0.1, 0.15) is 29.7 Å². The van der Waals surface area contributed by atoms with Gasteiger partial charge < -0.3 is 9.15 Å². The van der Waals surface area contributed by atoms with Crippen LogP contribution in [0, 0.1) is 11.3 Å². The molecule has 1 atom stereocenters. The lowest BCUT2D eigenvalue weighted by molar-refractivity contribution is 0.0655. The molecule has 0 N–H and O–H groups in total. The fraction of sp³-hybridized carbons (Fsp3) is 0.292. The van der Waals surface area contributed by atoms with Gasteiger partial charge in [0.2, 0.25) is 0 Å². The molecule has 1 aliphatic rings. The molecule has 1 fully saturated rings. The average Bonchev–Trinajstić information content (AvgIpc) is 3.43. The van der Waals surface area contributed by atoms with Gasteiger partial charge in [0.15, 0.2) is 0 Å². The number of benzene rings is 2. The van der Waals surface area contributed by atoms with E-state index >= 15 is 0 Å². The Balaban J connectivity index is 1.49. The Hall–Kier alpha value is -2.87. The Bertz CT molecular complexity index is 920. The average molecular weight is 372 g/mol. The molecule has 0 aliphatic carbocycles. The predicted molar refractivity (Wildman–Crippen MR) is 108 cm³/mol. The van der Waals surface area contributed by atoms with Crippen LogP contribution in [0.5, 0.6) is 0 Å². The third-order valence-electron chi connectivity index (χ3n) is 5.16. The minimum atomic E-state index is 0.303. The first-order valence-electron chi connectivity index (χ1n) is 9.76. The number of hydrogen-bond acceptors (Lipinski definition) is 4. The van der Waals surface area contributed by atoms with Gasteiger partial charge in [-0.2, -0.15) is 5.26 Å². The highest BCUT2D eigenvalue weighted by Gasteiger charge is 2.20. The maximum Gasteiger partial charge on any atom is 0.117 e. The fourth-order valence-electron chi connectivity index (χ4n) is 3.76. The van der Waals surface area contributed by atoms with Gasteiger partial charge in [0, 0.05) is 19.7 Å². The summed E-state index contributed by atoms with van der Waals surface area (Å²) in [6.07, 6.45) is 4.29. The molecule has 0 spiro atoms. The van der Waals surface area contributed by atoms with E-state index < -0.39 is 0 Å². The SMILES string of the molecule is N#Cc1ccccc1-c1ccc(CN(Cc2ccco2)CC2CCCO2)cc1. The first kappa shape index (κ1) is 18.5. The third-order valence-corrected chi connectivity index (χ3v) is 5.16. The fourth-order valence-corrected chi connectivity index (χ4v) is 3.76. The second-order valence-corrected chi connectivity index (χ2v) is 7.24. The molecular formula is C24H24N2O2. The van der Waals surface area contributed by atoms with Crippen LogP contribution in [0.4, 0.5) is 0 Å². The number of furan rings is 1. The molecule has 142 valence electrons. The second kappa shape index (κ2) is 8.88. The lowest BCUT2D eigenvalue weighted by Crippen LogP contribution is -2.31. The van der Waals surface area contributed by atoms with Crippen molar-refractivity contribution in [3.05, 3.63) is 83.8 Å². The minimum Gasteiger partial charge on any atom is -0.468 e. The first-order chi connectivity index (χ1) is 13.8. The van der Waals surface area contributed by atoms with E-state index in [9.17, 15) is 5.26 Å². The number of nitrogens with zero attached hydrogens (tertiary/aromatic N) is 2. The van der Waals surface area contributed by atoms with Crippen molar-refractivity contribution in [2.75, 3.05) is 13.2 Å². The maximum atomic E-state index is 9.33. The van der Waals surface area contributed by atoms with Crippen molar-refractivity contribution in [2.24, 2.45) is 0 Å². The first-order valence-corrected chi connectivity index (χ1v) is 9.76. The van der Waals surface area contributed by atoms with Crippen LogP contribution in [0.3, 0.4) is 0 Å². The number of rotatable bonds is 7. The van der Waals surface area contributed by atoms with E-state index in [4.69, 9.17) is 9.15 Å². The molecule has 0 saturated carbocycles. The molecule has 1 unspecified atom stereocenters. The molecular weight excluding hydrogens is 348 g/mol. The zero-order valence-corrected chi connectivity index (χ0v) is 15.9. The molecule has 4 heteroatoms. The van der Waals surface area contributed by atoms with Crippen molar-refractivity contribution in [1.82, 2.24) is 4.90 Å². The van der Waals surface area contributed by atoms with Crippen LogP contribution in [-0.2, 0) is 17.8 Å². The zero-order valence-electron chi connectivity index (χ0n) is 15.9. The van der Waals surface area contributed by atoms with Crippen molar-refractivity contribution in [3.8, 4) is 17.2 Å². The normalized spacial score (nSPS) is 16.4. The molecule has 0 bridgehead atoms. The smallest absolute Gasteiger partial charge is 0.117 e. The summed E-state index contributed by atoms with van der Waals surface area (Å²) >= 11 is 0. The number of ether oxygens (including phenoxy) is 1. The van der Waals surface area contributed by atoms with Gasteiger partial charge in [-0.05, 0) is 47.7 Å². The number of hydrogen-bond donors (Lipinski definition) is 0. The second-order valence-electron chi connectivity index (χ2n) is 7.24. The van der Waals surface area contributed by atoms with E-state index in [2.05, 4.69) is 35.2 Å². The molecule has 3 aromatic rings. The van der Waals surface area contributed by atoms with Crippen molar-refractivity contribution >= 4 is 0 Å². The Kier molecular flexibility index (Phi) is 5.86. The molecule has 1 saturated heterocycles. The maximum absolute atomic E-state index is 9.33. The van der Waals surface area contributed by atoms with E-state index in [1.807, 2.05) is 36.4 Å². The van der Waals surface area contributed by atoms with E-state index in [0.29, 0.717) is 11.7 Å². The van der Waals surface area contributed by atoms with Gasteiger partial charge in [0.25, 0.3) is 0 Å². The molecule has 2 heterocycles. The Morgan fingerprint density at radius 1 is 1.00 bits per heavy atom. The van der Waals surface area contributed by atoms with E-state index in [1.165, 1.54) is 5.56 Å². The largest absolute Gasteiger partial charge is 0.468 e. The summed E-state index contributed by atoms with van der Waals surface area (Å²) in [6, 6.07) is 22.4. The highest BCUT2D eigenvalue weighted by molar-refractivity contribution is 5.70. The van der Waals surface area contributed by atoms with Crippen molar-refractivity contribution in [1.29, 1.82) is 5.26 Å². The van der Waals surface area contributed by atoms with Crippen LogP contribution in [0.2, 0.25) is 0 Å². The molecule has 2 aromatic carbocycles. The summed E-state index contributed by atoms with van der Waals surface area (Å²) < 4.78 is 11.4. The summed E-state index contributed by atoms with van der Waals surface area (Å²) in [5, 5.41) is 9.33. The highest BCUT2D eigenvalue weighted by atomic mass is 16.5. The van der Waals surface area contributed by atoms with Crippen LogP contribution in [-0.4, -0.2) is 24.2 Å². The van der Waals surface area contributed by atoms with Gasteiger partial charge >= 0.3 is 0 Å². The Morgan fingerprint density at radius 2 is 1.86 bits per heavy atom.